The molecule has 4 rings (SSSR count). The average Bonchev–Trinajstić information content (AvgIpc) is 3.20. The van der Waals surface area contributed by atoms with Crippen LogP contribution < -0.4 is 14.8 Å². The molecule has 0 aliphatic carbocycles. The first-order valence-corrected chi connectivity index (χ1v) is 10.9. The lowest BCUT2D eigenvalue weighted by Crippen LogP contribution is -2.38. The van der Waals surface area contributed by atoms with E-state index in [-0.39, 0.29) is 18.6 Å². The van der Waals surface area contributed by atoms with Crippen LogP contribution in [-0.2, 0) is 24.3 Å². The van der Waals surface area contributed by atoms with Crippen LogP contribution in [0, 0.1) is 6.92 Å². The number of rotatable bonds is 5. The van der Waals surface area contributed by atoms with E-state index in [1.807, 2.05) is 24.3 Å². The smallest absolute Gasteiger partial charge is 0.251 e. The first-order valence-electron chi connectivity index (χ1n) is 9.47. The summed E-state index contributed by atoms with van der Waals surface area (Å²) < 4.78 is 10.6. The summed E-state index contributed by atoms with van der Waals surface area (Å²) in [6.07, 6.45) is 4.56. The van der Waals surface area contributed by atoms with Gasteiger partial charge in [0.1, 0.15) is 0 Å². The van der Waals surface area contributed by atoms with Crippen molar-refractivity contribution in [1.82, 2.24) is 15.2 Å². The van der Waals surface area contributed by atoms with Gasteiger partial charge in [0.2, 0.25) is 12.7 Å². The van der Waals surface area contributed by atoms with Crippen LogP contribution in [0.1, 0.15) is 32.7 Å². The molecule has 2 amide bonds. The number of thioether (sulfide) groups is 1. The standard InChI is InChI=1S/C21H23N3O4S/c1-13-17(9-23-21(26)14-3-4-18-19(7-14)28-12-27-18)16-5-6-24(20(25)11-29-2)10-15(16)8-22-13/h3-4,7-8H,5-6,9-12H2,1-2H3,(H,23,26). The lowest BCUT2D eigenvalue weighted by Gasteiger charge is -2.30. The molecule has 1 aromatic heterocycles. The zero-order chi connectivity index (χ0) is 20.4. The van der Waals surface area contributed by atoms with Gasteiger partial charge < -0.3 is 19.7 Å². The minimum absolute atomic E-state index is 0.154. The molecule has 3 heterocycles. The molecule has 0 atom stereocenters. The lowest BCUT2D eigenvalue weighted by atomic mass is 9.95. The molecule has 2 aliphatic rings. The molecule has 0 saturated heterocycles. The van der Waals surface area contributed by atoms with Crippen LogP contribution in [0.4, 0.5) is 0 Å². The molecular formula is C21H23N3O4S. The molecule has 0 radical (unpaired) electrons. The third-order valence-corrected chi connectivity index (χ3v) is 5.81. The van der Waals surface area contributed by atoms with Crippen LogP contribution in [0.3, 0.4) is 0 Å². The first-order chi connectivity index (χ1) is 14.1. The Labute approximate surface area is 173 Å². The van der Waals surface area contributed by atoms with Gasteiger partial charge in [-0.3, -0.25) is 14.6 Å². The van der Waals surface area contributed by atoms with Gasteiger partial charge in [0.15, 0.2) is 11.5 Å². The number of benzene rings is 1. The molecule has 1 aromatic carbocycles. The van der Waals surface area contributed by atoms with Crippen molar-refractivity contribution in [3.05, 3.63) is 52.3 Å². The minimum atomic E-state index is -0.173. The van der Waals surface area contributed by atoms with E-state index < -0.39 is 0 Å². The van der Waals surface area contributed by atoms with Crippen molar-refractivity contribution in [2.24, 2.45) is 0 Å². The monoisotopic (exact) mass is 413 g/mol. The van der Waals surface area contributed by atoms with Crippen molar-refractivity contribution >= 4 is 23.6 Å². The predicted molar refractivity (Wildman–Crippen MR) is 110 cm³/mol. The Hall–Kier alpha value is -2.74. The largest absolute Gasteiger partial charge is 0.454 e. The topological polar surface area (TPSA) is 80.8 Å². The number of carbonyl (C=O) groups is 2. The van der Waals surface area contributed by atoms with Crippen molar-refractivity contribution in [2.75, 3.05) is 25.3 Å². The number of ether oxygens (including phenoxy) is 2. The molecule has 29 heavy (non-hydrogen) atoms. The van der Waals surface area contributed by atoms with E-state index in [0.717, 1.165) is 23.2 Å². The Morgan fingerprint density at radius 1 is 1.28 bits per heavy atom. The predicted octanol–water partition coefficient (Wildman–Crippen LogP) is 2.30. The SMILES string of the molecule is CSCC(=O)N1CCc2c(cnc(C)c2CNC(=O)c2ccc3c(c2)OCO3)C1. The molecule has 2 aliphatic heterocycles. The van der Waals surface area contributed by atoms with Crippen LogP contribution >= 0.6 is 11.8 Å². The summed E-state index contributed by atoms with van der Waals surface area (Å²) in [5.74, 6) is 1.71. The summed E-state index contributed by atoms with van der Waals surface area (Å²) in [5, 5.41) is 2.99. The molecule has 0 spiro atoms. The Kier molecular flexibility index (Phi) is 5.62. The van der Waals surface area contributed by atoms with E-state index in [2.05, 4.69) is 10.3 Å². The van der Waals surface area contributed by atoms with Crippen LogP contribution in [-0.4, -0.2) is 47.0 Å². The molecular weight excluding hydrogens is 390 g/mol. The number of amides is 2. The summed E-state index contributed by atoms with van der Waals surface area (Å²) in [6.45, 7) is 3.80. The summed E-state index contributed by atoms with van der Waals surface area (Å²) in [4.78, 5) is 31.2. The van der Waals surface area contributed by atoms with Gasteiger partial charge in [-0.1, -0.05) is 0 Å². The number of fused-ring (bicyclic) bond motifs is 2. The maximum atomic E-state index is 12.6. The van der Waals surface area contributed by atoms with Gasteiger partial charge in [0, 0.05) is 37.1 Å². The van der Waals surface area contributed by atoms with Gasteiger partial charge in [-0.25, -0.2) is 0 Å². The van der Waals surface area contributed by atoms with E-state index >= 15 is 0 Å². The zero-order valence-electron chi connectivity index (χ0n) is 16.5. The molecule has 152 valence electrons. The van der Waals surface area contributed by atoms with Crippen LogP contribution in [0.25, 0.3) is 0 Å². The van der Waals surface area contributed by atoms with Gasteiger partial charge >= 0.3 is 0 Å². The molecule has 8 heteroatoms. The number of pyridine rings is 1. The normalized spacial score (nSPS) is 14.5. The molecule has 0 bridgehead atoms. The second kappa shape index (κ2) is 8.32. The van der Waals surface area contributed by atoms with E-state index in [1.54, 1.807) is 18.2 Å². The maximum absolute atomic E-state index is 12.6. The van der Waals surface area contributed by atoms with E-state index in [9.17, 15) is 9.59 Å². The Morgan fingerprint density at radius 2 is 2.10 bits per heavy atom. The van der Waals surface area contributed by atoms with Crippen LogP contribution in [0.2, 0.25) is 0 Å². The minimum Gasteiger partial charge on any atom is -0.454 e. The van der Waals surface area contributed by atoms with Gasteiger partial charge in [-0.05, 0) is 54.5 Å². The molecule has 1 N–H and O–H groups in total. The van der Waals surface area contributed by atoms with Gasteiger partial charge in [0.05, 0.1) is 5.75 Å². The van der Waals surface area contributed by atoms with E-state index in [4.69, 9.17) is 9.47 Å². The first kappa shape index (κ1) is 19.6. The number of carbonyl (C=O) groups excluding carboxylic acids is 2. The summed E-state index contributed by atoms with van der Waals surface area (Å²) in [6, 6.07) is 5.16. The fraction of sp³-hybridized carbons (Fsp3) is 0.381. The summed E-state index contributed by atoms with van der Waals surface area (Å²) in [5.41, 5.74) is 4.71. The van der Waals surface area contributed by atoms with Crippen molar-refractivity contribution in [3.63, 3.8) is 0 Å². The van der Waals surface area contributed by atoms with Crippen molar-refractivity contribution < 1.29 is 19.1 Å². The van der Waals surface area contributed by atoms with Gasteiger partial charge in [-0.2, -0.15) is 11.8 Å². The maximum Gasteiger partial charge on any atom is 0.251 e. The molecule has 0 saturated carbocycles. The quantitative estimate of drug-likeness (QED) is 0.810. The fourth-order valence-electron chi connectivity index (χ4n) is 3.69. The molecule has 2 aromatic rings. The third-order valence-electron chi connectivity index (χ3n) is 5.28. The highest BCUT2D eigenvalue weighted by Crippen LogP contribution is 2.32. The van der Waals surface area contributed by atoms with Crippen molar-refractivity contribution in [1.29, 1.82) is 0 Å². The number of nitrogens with zero attached hydrogens (tertiary/aromatic N) is 2. The number of hydrogen-bond donors (Lipinski definition) is 1. The molecule has 0 fully saturated rings. The Bertz CT molecular complexity index is 963. The molecule has 0 unspecified atom stereocenters. The highest BCUT2D eigenvalue weighted by Gasteiger charge is 2.24. The van der Waals surface area contributed by atoms with Crippen molar-refractivity contribution in [2.45, 2.75) is 26.4 Å². The number of nitrogens with one attached hydrogen (secondary N) is 1. The average molecular weight is 413 g/mol. The lowest BCUT2D eigenvalue weighted by molar-refractivity contribution is -0.129. The van der Waals surface area contributed by atoms with Crippen LogP contribution in [0.15, 0.2) is 24.4 Å². The number of aromatic nitrogens is 1. The van der Waals surface area contributed by atoms with Crippen molar-refractivity contribution in [3.8, 4) is 11.5 Å². The van der Waals surface area contributed by atoms with Crippen LogP contribution in [0.5, 0.6) is 11.5 Å². The van der Waals surface area contributed by atoms with E-state index in [0.29, 0.717) is 42.4 Å². The second-order valence-electron chi connectivity index (χ2n) is 7.07. The third kappa shape index (κ3) is 4.03. The highest BCUT2D eigenvalue weighted by molar-refractivity contribution is 7.99. The van der Waals surface area contributed by atoms with Gasteiger partial charge in [0.25, 0.3) is 5.91 Å². The fourth-order valence-corrected chi connectivity index (χ4v) is 4.12. The summed E-state index contributed by atoms with van der Waals surface area (Å²) >= 11 is 1.54. The molecule has 7 nitrogen and oxygen atoms in total. The second-order valence-corrected chi connectivity index (χ2v) is 7.94. The Balaban J connectivity index is 1.47. The number of hydrogen-bond acceptors (Lipinski definition) is 6. The Morgan fingerprint density at radius 3 is 2.93 bits per heavy atom. The zero-order valence-corrected chi connectivity index (χ0v) is 17.3. The van der Waals surface area contributed by atoms with E-state index in [1.165, 1.54) is 17.3 Å². The van der Waals surface area contributed by atoms with Gasteiger partial charge in [-0.15, -0.1) is 0 Å². The summed E-state index contributed by atoms with van der Waals surface area (Å²) in [7, 11) is 0. The highest BCUT2D eigenvalue weighted by atomic mass is 32.2. The number of aryl methyl sites for hydroxylation is 1.